The minimum absolute atomic E-state index is 0.126. The Bertz CT molecular complexity index is 865. The van der Waals surface area contributed by atoms with Crippen LogP contribution in [0.4, 0.5) is 0 Å². The average molecular weight is 354 g/mol. The van der Waals surface area contributed by atoms with E-state index in [0.29, 0.717) is 31.6 Å². The first-order valence-corrected chi connectivity index (χ1v) is 8.61. The highest BCUT2D eigenvalue weighted by Gasteiger charge is 2.44. The van der Waals surface area contributed by atoms with E-state index in [2.05, 4.69) is 4.98 Å². The molecule has 2 aromatic rings. The van der Waals surface area contributed by atoms with E-state index in [9.17, 15) is 14.4 Å². The average Bonchev–Trinajstić information content (AvgIpc) is 2.67. The van der Waals surface area contributed by atoms with Gasteiger partial charge in [0.05, 0.1) is 12.5 Å². The number of benzene rings is 1. The maximum atomic E-state index is 12.7. The van der Waals surface area contributed by atoms with Gasteiger partial charge in [0.1, 0.15) is 5.56 Å². The predicted octanol–water partition coefficient (Wildman–Crippen LogP) is 2.03. The van der Waals surface area contributed by atoms with Gasteiger partial charge in [-0.15, -0.1) is 0 Å². The number of aromatic amines is 1. The number of aryl methyl sites for hydroxylation is 1. The Hall–Kier alpha value is -2.89. The van der Waals surface area contributed by atoms with Crippen LogP contribution in [0.5, 0.6) is 0 Å². The van der Waals surface area contributed by atoms with Crippen LogP contribution in [0.3, 0.4) is 0 Å². The third-order valence-electron chi connectivity index (χ3n) is 5.09. The van der Waals surface area contributed by atoms with Crippen molar-refractivity contribution in [3.63, 3.8) is 0 Å². The number of amides is 1. The van der Waals surface area contributed by atoms with Gasteiger partial charge in [-0.05, 0) is 37.5 Å². The number of esters is 1. The van der Waals surface area contributed by atoms with Gasteiger partial charge in [0.15, 0.2) is 0 Å². The Balaban J connectivity index is 1.83. The van der Waals surface area contributed by atoms with Crippen LogP contribution in [-0.2, 0) is 14.9 Å². The first-order valence-electron chi connectivity index (χ1n) is 8.61. The Morgan fingerprint density at radius 3 is 2.31 bits per heavy atom. The lowest BCUT2D eigenvalue weighted by molar-refractivity contribution is -0.149. The summed E-state index contributed by atoms with van der Waals surface area (Å²) in [6.45, 7) is 2.54. The summed E-state index contributed by atoms with van der Waals surface area (Å²) in [5.74, 6) is -0.596. The summed E-state index contributed by atoms with van der Waals surface area (Å²) < 4.78 is 5.06. The zero-order valence-corrected chi connectivity index (χ0v) is 15.0. The van der Waals surface area contributed by atoms with Crippen LogP contribution in [-0.4, -0.2) is 42.0 Å². The molecule has 1 aromatic carbocycles. The number of carbonyl (C=O) groups excluding carboxylic acids is 2. The number of pyridine rings is 1. The van der Waals surface area contributed by atoms with Gasteiger partial charge >= 0.3 is 5.97 Å². The molecule has 0 aliphatic carbocycles. The number of hydrogen-bond acceptors (Lipinski definition) is 4. The van der Waals surface area contributed by atoms with Gasteiger partial charge in [-0.3, -0.25) is 14.4 Å². The Kier molecular flexibility index (Phi) is 4.93. The maximum Gasteiger partial charge on any atom is 0.316 e. The van der Waals surface area contributed by atoms with Gasteiger partial charge in [0, 0.05) is 18.8 Å². The molecule has 1 aliphatic rings. The molecule has 1 aromatic heterocycles. The Morgan fingerprint density at radius 1 is 1.08 bits per heavy atom. The molecular formula is C20H22N2O4. The SMILES string of the molecule is COC(=O)C1(c2ccccc2)CCN(C(=O)c2ccc(C)[nH]c2=O)CC1. The van der Waals surface area contributed by atoms with E-state index in [1.807, 2.05) is 30.3 Å². The number of nitrogens with zero attached hydrogens (tertiary/aromatic N) is 1. The van der Waals surface area contributed by atoms with E-state index < -0.39 is 5.41 Å². The van der Waals surface area contributed by atoms with Gasteiger partial charge < -0.3 is 14.6 Å². The van der Waals surface area contributed by atoms with Crippen LogP contribution in [0.1, 0.15) is 34.5 Å². The minimum atomic E-state index is -0.757. The first-order chi connectivity index (χ1) is 12.5. The molecule has 0 radical (unpaired) electrons. The van der Waals surface area contributed by atoms with Gasteiger partial charge in [-0.25, -0.2) is 0 Å². The number of piperidine rings is 1. The molecule has 1 amide bonds. The van der Waals surface area contributed by atoms with Crippen molar-refractivity contribution in [2.45, 2.75) is 25.2 Å². The summed E-state index contributed by atoms with van der Waals surface area (Å²) in [4.78, 5) is 41.6. The molecule has 1 N–H and O–H groups in total. The van der Waals surface area contributed by atoms with E-state index >= 15 is 0 Å². The molecule has 26 heavy (non-hydrogen) atoms. The quantitative estimate of drug-likeness (QED) is 0.856. The number of nitrogens with one attached hydrogen (secondary N) is 1. The van der Waals surface area contributed by atoms with Crippen LogP contribution >= 0.6 is 0 Å². The molecule has 1 aliphatic heterocycles. The summed E-state index contributed by atoms with van der Waals surface area (Å²) in [7, 11) is 1.39. The predicted molar refractivity (Wildman–Crippen MR) is 97.1 cm³/mol. The van der Waals surface area contributed by atoms with Crippen molar-refractivity contribution < 1.29 is 14.3 Å². The molecule has 0 saturated carbocycles. The second kappa shape index (κ2) is 7.15. The lowest BCUT2D eigenvalue weighted by Gasteiger charge is -2.40. The van der Waals surface area contributed by atoms with Gasteiger partial charge in [-0.2, -0.15) is 0 Å². The molecule has 6 nitrogen and oxygen atoms in total. The second-order valence-corrected chi connectivity index (χ2v) is 6.62. The van der Waals surface area contributed by atoms with Gasteiger partial charge in [0.2, 0.25) is 0 Å². The van der Waals surface area contributed by atoms with Crippen molar-refractivity contribution in [2.24, 2.45) is 0 Å². The number of H-pyrrole nitrogens is 1. The molecule has 0 unspecified atom stereocenters. The van der Waals surface area contributed by atoms with E-state index in [0.717, 1.165) is 5.56 Å². The van der Waals surface area contributed by atoms with Crippen LogP contribution < -0.4 is 5.56 Å². The number of aromatic nitrogens is 1. The zero-order valence-electron chi connectivity index (χ0n) is 15.0. The molecule has 0 bridgehead atoms. The smallest absolute Gasteiger partial charge is 0.316 e. The van der Waals surface area contributed by atoms with Crippen LogP contribution in [0, 0.1) is 6.92 Å². The fraction of sp³-hybridized carbons (Fsp3) is 0.350. The first kappa shape index (κ1) is 17.9. The van der Waals surface area contributed by atoms with E-state index in [-0.39, 0.29) is 23.0 Å². The molecule has 136 valence electrons. The number of ether oxygens (including phenoxy) is 1. The van der Waals surface area contributed by atoms with Crippen molar-refractivity contribution in [1.29, 1.82) is 0 Å². The van der Waals surface area contributed by atoms with Crippen molar-refractivity contribution in [1.82, 2.24) is 9.88 Å². The van der Waals surface area contributed by atoms with E-state index in [4.69, 9.17) is 4.74 Å². The molecule has 0 spiro atoms. The van der Waals surface area contributed by atoms with Crippen molar-refractivity contribution in [3.05, 3.63) is 69.6 Å². The number of carbonyl (C=O) groups is 2. The van der Waals surface area contributed by atoms with E-state index in [1.165, 1.54) is 7.11 Å². The molecule has 2 heterocycles. The number of hydrogen-bond donors (Lipinski definition) is 1. The third-order valence-corrected chi connectivity index (χ3v) is 5.09. The second-order valence-electron chi connectivity index (χ2n) is 6.62. The molecule has 0 atom stereocenters. The molecular weight excluding hydrogens is 332 g/mol. The fourth-order valence-corrected chi connectivity index (χ4v) is 3.57. The largest absolute Gasteiger partial charge is 0.468 e. The Morgan fingerprint density at radius 2 is 1.73 bits per heavy atom. The summed E-state index contributed by atoms with van der Waals surface area (Å²) in [5.41, 5.74) is 0.585. The summed E-state index contributed by atoms with van der Waals surface area (Å²) in [5, 5.41) is 0. The lowest BCUT2D eigenvalue weighted by Crippen LogP contribution is -2.50. The molecule has 6 heteroatoms. The standard InChI is InChI=1S/C20H22N2O4/c1-14-8-9-16(17(23)21-14)18(24)22-12-10-20(11-13-22,19(25)26-2)15-6-4-3-5-7-15/h3-9H,10-13H2,1-2H3,(H,21,23). The topological polar surface area (TPSA) is 79.5 Å². The fourth-order valence-electron chi connectivity index (χ4n) is 3.57. The summed E-state index contributed by atoms with van der Waals surface area (Å²) in [6, 6.07) is 12.8. The molecule has 3 rings (SSSR count). The molecule has 1 saturated heterocycles. The number of methoxy groups -OCH3 is 1. The minimum Gasteiger partial charge on any atom is -0.468 e. The van der Waals surface area contributed by atoms with Crippen LogP contribution in [0.15, 0.2) is 47.3 Å². The van der Waals surface area contributed by atoms with Crippen molar-refractivity contribution in [2.75, 3.05) is 20.2 Å². The molecule has 1 fully saturated rings. The summed E-state index contributed by atoms with van der Waals surface area (Å²) >= 11 is 0. The van der Waals surface area contributed by atoms with Gasteiger partial charge in [0.25, 0.3) is 11.5 Å². The normalized spacial score (nSPS) is 16.2. The maximum absolute atomic E-state index is 12.7. The number of likely N-dealkylation sites (tertiary alicyclic amines) is 1. The van der Waals surface area contributed by atoms with Crippen molar-refractivity contribution in [3.8, 4) is 0 Å². The highest BCUT2D eigenvalue weighted by atomic mass is 16.5. The van der Waals surface area contributed by atoms with Crippen molar-refractivity contribution >= 4 is 11.9 Å². The highest BCUT2D eigenvalue weighted by Crippen LogP contribution is 2.37. The monoisotopic (exact) mass is 354 g/mol. The van der Waals surface area contributed by atoms with Crippen LogP contribution in [0.25, 0.3) is 0 Å². The summed E-state index contributed by atoms with van der Waals surface area (Å²) in [6.07, 6.45) is 0.915. The number of rotatable bonds is 3. The zero-order chi connectivity index (χ0) is 18.7. The highest BCUT2D eigenvalue weighted by molar-refractivity contribution is 5.94. The van der Waals surface area contributed by atoms with Crippen LogP contribution in [0.2, 0.25) is 0 Å². The third kappa shape index (κ3) is 3.14. The van der Waals surface area contributed by atoms with Gasteiger partial charge in [-0.1, -0.05) is 30.3 Å². The Labute approximate surface area is 151 Å². The van der Waals surface area contributed by atoms with E-state index in [1.54, 1.807) is 24.0 Å². The lowest BCUT2D eigenvalue weighted by atomic mass is 9.72.